The fraction of sp³-hybridized carbons (Fsp3) is 0.0952. The van der Waals surface area contributed by atoms with E-state index in [1.54, 1.807) is 24.4 Å². The van der Waals surface area contributed by atoms with Gasteiger partial charge >= 0.3 is 12.0 Å². The molecule has 1 aromatic carbocycles. The minimum atomic E-state index is -0.779. The molecule has 10 nitrogen and oxygen atoms in total. The van der Waals surface area contributed by atoms with E-state index >= 15 is 0 Å². The molecule has 10 heteroatoms. The summed E-state index contributed by atoms with van der Waals surface area (Å²) in [5.74, 6) is -1.02. The fourth-order valence-corrected chi connectivity index (χ4v) is 2.86. The van der Waals surface area contributed by atoms with Gasteiger partial charge in [-0.05, 0) is 18.2 Å². The Kier molecular flexibility index (Phi) is 5.70. The molecule has 2 N–H and O–H groups in total. The number of ether oxygens (including phenoxy) is 1. The molecule has 0 aliphatic carbocycles. The Morgan fingerprint density at radius 1 is 1.06 bits per heavy atom. The van der Waals surface area contributed by atoms with Crippen LogP contribution in [0.3, 0.4) is 0 Å². The Labute approximate surface area is 175 Å². The molecule has 0 atom stereocenters. The van der Waals surface area contributed by atoms with Gasteiger partial charge in [0.15, 0.2) is 12.3 Å². The van der Waals surface area contributed by atoms with E-state index in [1.807, 2.05) is 30.3 Å². The van der Waals surface area contributed by atoms with Crippen LogP contribution in [0.4, 0.5) is 4.79 Å². The van der Waals surface area contributed by atoms with E-state index < -0.39 is 24.5 Å². The number of hydrogen-bond donors (Lipinski definition) is 2. The van der Waals surface area contributed by atoms with E-state index in [1.165, 1.54) is 17.0 Å². The number of fused-ring (bicyclic) bond motifs is 1. The van der Waals surface area contributed by atoms with E-state index in [2.05, 4.69) is 20.7 Å². The van der Waals surface area contributed by atoms with Crippen LogP contribution in [0.15, 0.2) is 71.6 Å². The van der Waals surface area contributed by atoms with Crippen LogP contribution in [0.25, 0.3) is 16.9 Å². The summed E-state index contributed by atoms with van der Waals surface area (Å²) in [5.41, 5.74) is 2.05. The molecule has 0 radical (unpaired) electrons. The molecule has 0 aliphatic rings. The normalized spacial score (nSPS) is 10.6. The van der Waals surface area contributed by atoms with Crippen LogP contribution < -0.4 is 10.6 Å². The van der Waals surface area contributed by atoms with Gasteiger partial charge in [-0.3, -0.25) is 10.1 Å². The largest absolute Gasteiger partial charge is 0.467 e. The van der Waals surface area contributed by atoms with Crippen LogP contribution in [0.2, 0.25) is 0 Å². The summed E-state index contributed by atoms with van der Waals surface area (Å²) < 4.78 is 11.6. The lowest BCUT2D eigenvalue weighted by atomic mass is 10.1. The maximum absolute atomic E-state index is 12.4. The highest BCUT2D eigenvalue weighted by Crippen LogP contribution is 2.20. The molecule has 0 saturated heterocycles. The van der Waals surface area contributed by atoms with Gasteiger partial charge in [0.2, 0.25) is 0 Å². The lowest BCUT2D eigenvalue weighted by molar-refractivity contribution is -0.123. The topological polar surface area (TPSA) is 128 Å². The van der Waals surface area contributed by atoms with Crippen LogP contribution in [0.5, 0.6) is 0 Å². The first-order chi connectivity index (χ1) is 15.1. The van der Waals surface area contributed by atoms with Crippen molar-refractivity contribution in [1.29, 1.82) is 0 Å². The van der Waals surface area contributed by atoms with Gasteiger partial charge in [0.1, 0.15) is 11.3 Å². The Morgan fingerprint density at radius 2 is 1.90 bits per heavy atom. The molecule has 3 amide bonds. The third-order valence-electron chi connectivity index (χ3n) is 4.28. The average Bonchev–Trinajstić information content (AvgIpc) is 3.46. The molecule has 0 fully saturated rings. The molecule has 4 rings (SSSR count). The zero-order valence-corrected chi connectivity index (χ0v) is 16.1. The molecule has 31 heavy (non-hydrogen) atoms. The number of hydrogen-bond acceptors (Lipinski definition) is 7. The van der Waals surface area contributed by atoms with Crippen molar-refractivity contribution in [1.82, 2.24) is 25.2 Å². The van der Waals surface area contributed by atoms with E-state index in [0.717, 1.165) is 11.3 Å². The highest BCUT2D eigenvalue weighted by Gasteiger charge is 2.19. The maximum Gasteiger partial charge on any atom is 0.344 e. The minimum Gasteiger partial charge on any atom is -0.467 e. The molecule has 3 aromatic heterocycles. The summed E-state index contributed by atoms with van der Waals surface area (Å²) in [6.07, 6.45) is 4.36. The summed E-state index contributed by atoms with van der Waals surface area (Å²) in [6.45, 7) is -0.521. The zero-order chi connectivity index (χ0) is 21.6. The number of carbonyl (C=O) groups excluding carboxylic acids is 3. The SMILES string of the molecule is O=C(COC(=O)c1cnn2c(-c3ccccc3)ccnc12)NC(=O)NCc1ccco1. The number of benzene rings is 1. The Hall–Kier alpha value is -4.47. The van der Waals surface area contributed by atoms with Crippen molar-refractivity contribution in [3.63, 3.8) is 0 Å². The molecule has 0 saturated carbocycles. The van der Waals surface area contributed by atoms with Gasteiger partial charge in [-0.2, -0.15) is 5.10 Å². The summed E-state index contributed by atoms with van der Waals surface area (Å²) >= 11 is 0. The van der Waals surface area contributed by atoms with E-state index in [9.17, 15) is 14.4 Å². The van der Waals surface area contributed by atoms with Gasteiger partial charge in [0, 0.05) is 11.8 Å². The zero-order valence-electron chi connectivity index (χ0n) is 16.1. The van der Waals surface area contributed by atoms with Crippen LogP contribution in [0, 0.1) is 0 Å². The monoisotopic (exact) mass is 419 g/mol. The number of imide groups is 1. The van der Waals surface area contributed by atoms with Gasteiger partial charge in [0.25, 0.3) is 5.91 Å². The summed E-state index contributed by atoms with van der Waals surface area (Å²) in [6, 6.07) is 13.9. The molecular weight excluding hydrogens is 402 g/mol. The third kappa shape index (κ3) is 4.58. The highest BCUT2D eigenvalue weighted by molar-refractivity contribution is 5.99. The van der Waals surface area contributed by atoms with Crippen molar-refractivity contribution >= 4 is 23.6 Å². The van der Waals surface area contributed by atoms with Crippen LogP contribution in [0.1, 0.15) is 16.1 Å². The minimum absolute atomic E-state index is 0.104. The number of esters is 1. The number of carbonyl (C=O) groups is 3. The van der Waals surface area contributed by atoms with E-state index in [0.29, 0.717) is 11.4 Å². The molecule has 0 unspecified atom stereocenters. The van der Waals surface area contributed by atoms with Crippen LogP contribution >= 0.6 is 0 Å². The van der Waals surface area contributed by atoms with Crippen molar-refractivity contribution < 1.29 is 23.5 Å². The lowest BCUT2D eigenvalue weighted by Crippen LogP contribution is -2.41. The number of aromatic nitrogens is 3. The second-order valence-corrected chi connectivity index (χ2v) is 6.38. The molecule has 3 heterocycles. The fourth-order valence-electron chi connectivity index (χ4n) is 2.86. The van der Waals surface area contributed by atoms with Crippen LogP contribution in [-0.2, 0) is 16.1 Å². The number of nitrogens with zero attached hydrogens (tertiary/aromatic N) is 3. The van der Waals surface area contributed by atoms with Gasteiger partial charge in [-0.25, -0.2) is 19.1 Å². The highest BCUT2D eigenvalue weighted by atomic mass is 16.5. The number of rotatable bonds is 6. The molecular formula is C21H17N5O5. The van der Waals surface area contributed by atoms with Gasteiger partial charge < -0.3 is 14.5 Å². The maximum atomic E-state index is 12.4. The molecule has 0 bridgehead atoms. The third-order valence-corrected chi connectivity index (χ3v) is 4.28. The second-order valence-electron chi connectivity index (χ2n) is 6.38. The Bertz CT molecular complexity index is 1220. The molecule has 0 spiro atoms. The van der Waals surface area contributed by atoms with E-state index in [-0.39, 0.29) is 12.1 Å². The smallest absolute Gasteiger partial charge is 0.344 e. The van der Waals surface area contributed by atoms with Crippen molar-refractivity contribution in [2.24, 2.45) is 0 Å². The van der Waals surface area contributed by atoms with Crippen LogP contribution in [-0.4, -0.2) is 39.1 Å². The van der Waals surface area contributed by atoms with Crippen molar-refractivity contribution in [2.45, 2.75) is 6.54 Å². The summed E-state index contributed by atoms with van der Waals surface area (Å²) in [5, 5.41) is 8.74. The van der Waals surface area contributed by atoms with Crippen molar-refractivity contribution in [3.8, 4) is 11.3 Å². The number of amides is 3. The van der Waals surface area contributed by atoms with Gasteiger partial charge in [0.05, 0.1) is 24.7 Å². The predicted octanol–water partition coefficient (Wildman–Crippen LogP) is 2.17. The molecule has 4 aromatic rings. The summed E-state index contributed by atoms with van der Waals surface area (Å²) in [7, 11) is 0. The first-order valence-corrected chi connectivity index (χ1v) is 9.27. The number of urea groups is 1. The number of furan rings is 1. The van der Waals surface area contributed by atoms with E-state index in [4.69, 9.17) is 9.15 Å². The Balaban J connectivity index is 1.36. The second kappa shape index (κ2) is 8.91. The predicted molar refractivity (Wildman–Crippen MR) is 108 cm³/mol. The number of nitrogens with one attached hydrogen (secondary N) is 2. The Morgan fingerprint density at radius 3 is 2.68 bits per heavy atom. The van der Waals surface area contributed by atoms with Crippen molar-refractivity contribution in [3.05, 3.63) is 78.5 Å². The average molecular weight is 419 g/mol. The first-order valence-electron chi connectivity index (χ1n) is 9.27. The molecule has 156 valence electrons. The summed E-state index contributed by atoms with van der Waals surface area (Å²) in [4.78, 5) is 40.2. The van der Waals surface area contributed by atoms with Gasteiger partial charge in [-0.1, -0.05) is 30.3 Å². The molecule has 0 aliphatic heterocycles. The van der Waals surface area contributed by atoms with Gasteiger partial charge in [-0.15, -0.1) is 0 Å². The van der Waals surface area contributed by atoms with Crippen molar-refractivity contribution in [2.75, 3.05) is 6.61 Å². The standard InChI is InChI=1S/C21H17N5O5/c27-18(25-21(29)23-11-15-7-4-10-30-15)13-31-20(28)16-12-24-26-17(8-9-22-19(16)26)14-5-2-1-3-6-14/h1-10,12H,11,13H2,(H2,23,25,27,29). The quantitative estimate of drug-likeness (QED) is 0.458. The first kappa shape index (κ1) is 19.8. The lowest BCUT2D eigenvalue weighted by Gasteiger charge is -2.07.